The smallest absolute Gasteiger partial charge is 0.252 e. The zero-order valence-electron chi connectivity index (χ0n) is 13.8. The molecule has 2 aliphatic heterocycles. The van der Waals surface area contributed by atoms with Crippen molar-refractivity contribution < 1.29 is 18.7 Å². The van der Waals surface area contributed by atoms with Crippen LogP contribution >= 0.6 is 23.2 Å². The van der Waals surface area contributed by atoms with Crippen LogP contribution in [0.4, 0.5) is 4.39 Å². The summed E-state index contributed by atoms with van der Waals surface area (Å²) in [4.78, 5) is 14.8. The number of hydrogen-bond acceptors (Lipinski definition) is 4. The summed E-state index contributed by atoms with van der Waals surface area (Å²) in [5.74, 6) is -0.710. The quantitative estimate of drug-likeness (QED) is 0.785. The molecule has 0 bridgehead atoms. The van der Waals surface area contributed by atoms with E-state index in [4.69, 9.17) is 32.7 Å². The van der Waals surface area contributed by atoms with Crippen LogP contribution in [0.2, 0.25) is 10.0 Å². The minimum atomic E-state index is -0.662. The summed E-state index contributed by atoms with van der Waals surface area (Å²) in [6.45, 7) is 4.91. The highest BCUT2D eigenvalue weighted by Crippen LogP contribution is 2.25. The van der Waals surface area contributed by atoms with E-state index in [1.807, 2.05) is 0 Å². The number of morpholine rings is 1. The maximum atomic E-state index is 13.6. The number of carbonyl (C=O) groups is 1. The van der Waals surface area contributed by atoms with Crippen molar-refractivity contribution in [3.63, 3.8) is 0 Å². The van der Waals surface area contributed by atoms with Gasteiger partial charge in [0, 0.05) is 38.2 Å². The minimum absolute atomic E-state index is 0.0898. The van der Waals surface area contributed by atoms with Crippen molar-refractivity contribution in [2.24, 2.45) is 5.92 Å². The fraction of sp³-hybridized carbons (Fsp3) is 0.588. The van der Waals surface area contributed by atoms with E-state index in [1.165, 1.54) is 6.07 Å². The molecule has 0 radical (unpaired) electrons. The van der Waals surface area contributed by atoms with Crippen LogP contribution in [0, 0.1) is 11.7 Å². The van der Waals surface area contributed by atoms with E-state index in [1.54, 1.807) is 0 Å². The van der Waals surface area contributed by atoms with Gasteiger partial charge in [-0.15, -0.1) is 0 Å². The monoisotopic (exact) mass is 390 g/mol. The van der Waals surface area contributed by atoms with Crippen LogP contribution in [0.15, 0.2) is 12.1 Å². The first-order valence-corrected chi connectivity index (χ1v) is 9.14. The number of hydrogen-bond donors (Lipinski definition) is 1. The van der Waals surface area contributed by atoms with Crippen LogP contribution in [-0.4, -0.2) is 62.9 Å². The summed E-state index contributed by atoms with van der Waals surface area (Å²) in [5.41, 5.74) is 0.0898. The third-order valence-electron chi connectivity index (χ3n) is 4.75. The molecular weight excluding hydrogens is 370 g/mol. The molecule has 0 saturated carbocycles. The van der Waals surface area contributed by atoms with Crippen molar-refractivity contribution in [2.75, 3.05) is 46.1 Å². The van der Waals surface area contributed by atoms with E-state index in [0.29, 0.717) is 32.3 Å². The predicted molar refractivity (Wildman–Crippen MR) is 93.9 cm³/mol. The molecule has 1 aromatic rings. The summed E-state index contributed by atoms with van der Waals surface area (Å²) < 4.78 is 24.6. The van der Waals surface area contributed by atoms with E-state index < -0.39 is 11.7 Å². The third kappa shape index (κ3) is 4.63. The van der Waals surface area contributed by atoms with E-state index >= 15 is 0 Å². The standard InChI is InChI=1S/C17H21Cl2FN2O3/c18-13-8-14(19)15(20)7-12(13)17(23)21-9-16(11-1-4-25-10-11)22-2-5-24-6-3-22/h7-8,11,16H,1-6,9-10H2,(H,21,23). The molecule has 2 heterocycles. The third-order valence-corrected chi connectivity index (χ3v) is 5.35. The highest BCUT2D eigenvalue weighted by Gasteiger charge is 2.32. The Balaban J connectivity index is 1.67. The van der Waals surface area contributed by atoms with Gasteiger partial charge in [0.05, 0.1) is 35.4 Å². The second kappa shape index (κ2) is 8.64. The molecule has 138 valence electrons. The van der Waals surface area contributed by atoms with Crippen molar-refractivity contribution in [1.82, 2.24) is 10.2 Å². The lowest BCUT2D eigenvalue weighted by molar-refractivity contribution is 0.00166. The normalized spacial score (nSPS) is 22.8. The van der Waals surface area contributed by atoms with Gasteiger partial charge in [0.2, 0.25) is 0 Å². The first-order chi connectivity index (χ1) is 12.1. The van der Waals surface area contributed by atoms with Crippen LogP contribution in [0.3, 0.4) is 0 Å². The first kappa shape index (κ1) is 18.9. The zero-order valence-corrected chi connectivity index (χ0v) is 15.3. The molecule has 1 aromatic carbocycles. The Kier molecular flexibility index (Phi) is 6.52. The highest BCUT2D eigenvalue weighted by molar-refractivity contribution is 6.36. The summed E-state index contributed by atoms with van der Waals surface area (Å²) in [6.07, 6.45) is 0.966. The largest absolute Gasteiger partial charge is 0.381 e. The molecule has 25 heavy (non-hydrogen) atoms. The van der Waals surface area contributed by atoms with Crippen molar-refractivity contribution >= 4 is 29.1 Å². The molecule has 2 aliphatic rings. The number of benzene rings is 1. The second-order valence-corrected chi connectivity index (χ2v) is 7.11. The van der Waals surface area contributed by atoms with Gasteiger partial charge in [-0.3, -0.25) is 9.69 Å². The Morgan fingerprint density at radius 3 is 2.68 bits per heavy atom. The molecular formula is C17H21Cl2FN2O3. The summed E-state index contributed by atoms with van der Waals surface area (Å²) in [7, 11) is 0. The molecule has 1 N–H and O–H groups in total. The molecule has 2 atom stereocenters. The van der Waals surface area contributed by atoms with Gasteiger partial charge in [-0.05, 0) is 18.6 Å². The van der Waals surface area contributed by atoms with Crippen molar-refractivity contribution in [3.8, 4) is 0 Å². The van der Waals surface area contributed by atoms with Crippen molar-refractivity contribution in [2.45, 2.75) is 12.5 Å². The van der Waals surface area contributed by atoms with Crippen LogP contribution in [0.5, 0.6) is 0 Å². The summed E-state index contributed by atoms with van der Waals surface area (Å²) >= 11 is 11.7. The van der Waals surface area contributed by atoms with Gasteiger partial charge in [-0.1, -0.05) is 23.2 Å². The van der Waals surface area contributed by atoms with E-state index in [-0.39, 0.29) is 21.7 Å². The molecule has 0 aromatic heterocycles. The highest BCUT2D eigenvalue weighted by atomic mass is 35.5. The molecule has 0 aliphatic carbocycles. The van der Waals surface area contributed by atoms with Crippen LogP contribution < -0.4 is 5.32 Å². The van der Waals surface area contributed by atoms with E-state index in [2.05, 4.69) is 10.2 Å². The first-order valence-electron chi connectivity index (χ1n) is 8.38. The van der Waals surface area contributed by atoms with Crippen molar-refractivity contribution in [3.05, 3.63) is 33.6 Å². The molecule has 5 nitrogen and oxygen atoms in total. The van der Waals surface area contributed by atoms with E-state index in [9.17, 15) is 9.18 Å². The lowest BCUT2D eigenvalue weighted by Crippen LogP contribution is -2.52. The Labute approximate surface area is 156 Å². The average Bonchev–Trinajstić information content (AvgIpc) is 3.13. The minimum Gasteiger partial charge on any atom is -0.381 e. The molecule has 1 amide bonds. The average molecular weight is 391 g/mol. The van der Waals surface area contributed by atoms with Gasteiger partial charge in [0.25, 0.3) is 5.91 Å². The van der Waals surface area contributed by atoms with Gasteiger partial charge in [0.1, 0.15) is 5.82 Å². The zero-order chi connectivity index (χ0) is 17.8. The second-order valence-electron chi connectivity index (χ2n) is 6.30. The maximum absolute atomic E-state index is 13.6. The van der Waals surface area contributed by atoms with Crippen LogP contribution in [0.1, 0.15) is 16.8 Å². The van der Waals surface area contributed by atoms with Gasteiger partial charge in [-0.2, -0.15) is 0 Å². The Hall–Kier alpha value is -0.920. The maximum Gasteiger partial charge on any atom is 0.252 e. The summed E-state index contributed by atoms with van der Waals surface area (Å²) in [5, 5.41) is 2.92. The fourth-order valence-corrected chi connectivity index (χ4v) is 3.82. The molecule has 0 spiro atoms. The lowest BCUT2D eigenvalue weighted by Gasteiger charge is -2.37. The van der Waals surface area contributed by atoms with E-state index in [0.717, 1.165) is 32.2 Å². The number of nitrogens with zero attached hydrogens (tertiary/aromatic N) is 1. The summed E-state index contributed by atoms with van der Waals surface area (Å²) in [6, 6.07) is 2.48. The van der Waals surface area contributed by atoms with Gasteiger partial charge < -0.3 is 14.8 Å². The van der Waals surface area contributed by atoms with Gasteiger partial charge in [-0.25, -0.2) is 4.39 Å². The Bertz CT molecular complexity index is 620. The van der Waals surface area contributed by atoms with Crippen LogP contribution in [0.25, 0.3) is 0 Å². The molecule has 2 fully saturated rings. The fourth-order valence-electron chi connectivity index (χ4n) is 3.35. The molecule has 2 unspecified atom stereocenters. The Morgan fingerprint density at radius 2 is 2.00 bits per heavy atom. The molecule has 2 saturated heterocycles. The van der Waals surface area contributed by atoms with Gasteiger partial charge >= 0.3 is 0 Å². The number of nitrogens with one attached hydrogen (secondary N) is 1. The SMILES string of the molecule is O=C(NCC(C1CCOC1)N1CCOCC1)c1cc(F)c(Cl)cc1Cl. The number of carbonyl (C=O) groups excluding carboxylic acids is 1. The number of halogens is 3. The molecule has 3 rings (SSSR count). The predicted octanol–water partition coefficient (Wildman–Crippen LogP) is 2.60. The topological polar surface area (TPSA) is 50.8 Å². The number of amides is 1. The lowest BCUT2D eigenvalue weighted by atomic mass is 9.96. The molecule has 8 heteroatoms. The number of rotatable bonds is 5. The van der Waals surface area contributed by atoms with Gasteiger partial charge in [0.15, 0.2) is 0 Å². The number of ether oxygens (including phenoxy) is 2. The Morgan fingerprint density at radius 1 is 1.24 bits per heavy atom. The van der Waals surface area contributed by atoms with Crippen LogP contribution in [-0.2, 0) is 9.47 Å². The van der Waals surface area contributed by atoms with Crippen molar-refractivity contribution in [1.29, 1.82) is 0 Å².